The van der Waals surface area contributed by atoms with Crippen molar-refractivity contribution >= 4 is 23.2 Å². The van der Waals surface area contributed by atoms with Crippen LogP contribution >= 0.6 is 11.3 Å². The lowest BCUT2D eigenvalue weighted by atomic mass is 9.97. The highest BCUT2D eigenvalue weighted by molar-refractivity contribution is 7.12. The summed E-state index contributed by atoms with van der Waals surface area (Å²) < 4.78 is 0. The molecule has 0 bridgehead atoms. The molecule has 2 heterocycles. The van der Waals surface area contributed by atoms with E-state index in [9.17, 15) is 9.59 Å². The van der Waals surface area contributed by atoms with Gasteiger partial charge >= 0.3 is 0 Å². The van der Waals surface area contributed by atoms with E-state index < -0.39 is 0 Å². The van der Waals surface area contributed by atoms with Gasteiger partial charge in [0.15, 0.2) is 0 Å². The van der Waals surface area contributed by atoms with Gasteiger partial charge in [-0.3, -0.25) is 9.59 Å². The van der Waals surface area contributed by atoms with Gasteiger partial charge < -0.3 is 15.7 Å². The average molecular weight is 292 g/mol. The van der Waals surface area contributed by atoms with E-state index in [0.29, 0.717) is 23.5 Å². The first-order valence-corrected chi connectivity index (χ1v) is 7.27. The summed E-state index contributed by atoms with van der Waals surface area (Å²) in [6.45, 7) is 0.767. The van der Waals surface area contributed by atoms with Crippen molar-refractivity contribution < 1.29 is 14.7 Å². The number of thiophene rings is 1. The molecule has 1 aromatic heterocycles. The van der Waals surface area contributed by atoms with Gasteiger partial charge in [0.2, 0.25) is 5.91 Å². The van der Waals surface area contributed by atoms with Gasteiger partial charge in [-0.2, -0.15) is 0 Å². The molecule has 20 heavy (non-hydrogen) atoms. The van der Waals surface area contributed by atoms with E-state index in [2.05, 4.69) is 11.8 Å². The molecule has 1 saturated heterocycles. The molecule has 6 heteroatoms. The lowest BCUT2D eigenvalue weighted by Crippen LogP contribution is -2.44. The van der Waals surface area contributed by atoms with Crippen molar-refractivity contribution in [3.8, 4) is 11.8 Å². The smallest absolute Gasteiger partial charge is 0.265 e. The normalized spacial score (nSPS) is 18.2. The lowest BCUT2D eigenvalue weighted by Gasteiger charge is -2.31. The van der Waals surface area contributed by atoms with Crippen molar-refractivity contribution in [2.24, 2.45) is 11.7 Å². The van der Waals surface area contributed by atoms with Gasteiger partial charge in [0.05, 0.1) is 5.92 Å². The number of carbonyl (C=O) groups is 2. The standard InChI is InChI=1S/C14H16N2O3S/c15-13(18)11-3-1-6-16(9-11)14(19)12-10(4-2-7-17)5-8-20-12/h5,8,11,17H,1,3,6-7,9H2,(H2,15,18). The molecule has 2 amide bonds. The molecule has 2 rings (SSSR count). The molecule has 0 saturated carbocycles. The Kier molecular flexibility index (Phi) is 4.77. The number of nitrogens with two attached hydrogens (primary N) is 1. The highest BCUT2D eigenvalue weighted by Gasteiger charge is 2.28. The highest BCUT2D eigenvalue weighted by atomic mass is 32.1. The van der Waals surface area contributed by atoms with Crippen molar-refractivity contribution in [2.45, 2.75) is 12.8 Å². The minimum Gasteiger partial charge on any atom is -0.384 e. The number of aliphatic hydroxyl groups excluding tert-OH is 1. The van der Waals surface area contributed by atoms with Crippen LogP contribution < -0.4 is 5.73 Å². The monoisotopic (exact) mass is 292 g/mol. The van der Waals surface area contributed by atoms with Gasteiger partial charge in [0.1, 0.15) is 11.5 Å². The molecule has 1 atom stereocenters. The number of nitrogens with zero attached hydrogens (tertiary/aromatic N) is 1. The molecule has 1 aromatic rings. The van der Waals surface area contributed by atoms with Crippen LogP contribution in [0.2, 0.25) is 0 Å². The molecular weight excluding hydrogens is 276 g/mol. The van der Waals surface area contributed by atoms with E-state index in [1.807, 2.05) is 0 Å². The first-order chi connectivity index (χ1) is 9.63. The van der Waals surface area contributed by atoms with E-state index in [1.165, 1.54) is 11.3 Å². The summed E-state index contributed by atoms with van der Waals surface area (Å²) in [6, 6.07) is 1.76. The molecular formula is C14H16N2O3S. The number of amides is 2. The first-order valence-electron chi connectivity index (χ1n) is 6.39. The summed E-state index contributed by atoms with van der Waals surface area (Å²) in [4.78, 5) is 25.9. The van der Waals surface area contributed by atoms with Crippen LogP contribution in [0.1, 0.15) is 28.1 Å². The van der Waals surface area contributed by atoms with Crippen LogP contribution in [0.5, 0.6) is 0 Å². The molecule has 5 nitrogen and oxygen atoms in total. The second-order valence-corrected chi connectivity index (χ2v) is 5.53. The topological polar surface area (TPSA) is 83.6 Å². The maximum absolute atomic E-state index is 12.5. The Hall–Kier alpha value is -1.84. The maximum Gasteiger partial charge on any atom is 0.265 e. The van der Waals surface area contributed by atoms with Crippen LogP contribution in [0.15, 0.2) is 11.4 Å². The van der Waals surface area contributed by atoms with Crippen LogP contribution in [0.3, 0.4) is 0 Å². The van der Waals surface area contributed by atoms with E-state index >= 15 is 0 Å². The summed E-state index contributed by atoms with van der Waals surface area (Å²) in [5, 5.41) is 10.5. The number of hydrogen-bond donors (Lipinski definition) is 2. The fourth-order valence-corrected chi connectivity index (χ4v) is 3.06. The molecule has 1 fully saturated rings. The Labute approximate surface area is 121 Å². The molecule has 0 aromatic carbocycles. The highest BCUT2D eigenvalue weighted by Crippen LogP contribution is 2.22. The first kappa shape index (κ1) is 14.6. The molecule has 1 aliphatic rings. The van der Waals surface area contributed by atoms with Gasteiger partial charge in [-0.15, -0.1) is 11.3 Å². The third-order valence-electron chi connectivity index (χ3n) is 3.27. The molecule has 1 aliphatic heterocycles. The zero-order valence-corrected chi connectivity index (χ0v) is 11.8. The fraction of sp³-hybridized carbons (Fsp3) is 0.429. The summed E-state index contributed by atoms with van der Waals surface area (Å²) >= 11 is 1.32. The SMILES string of the molecule is NC(=O)C1CCCN(C(=O)c2sccc2C#CCO)C1. The Morgan fingerprint density at radius 3 is 3.05 bits per heavy atom. The zero-order valence-electron chi connectivity index (χ0n) is 11.0. The van der Waals surface area contributed by atoms with Crippen molar-refractivity contribution in [3.63, 3.8) is 0 Å². The fourth-order valence-electron chi connectivity index (χ4n) is 2.25. The molecule has 3 N–H and O–H groups in total. The Balaban J connectivity index is 2.15. The predicted molar refractivity (Wildman–Crippen MR) is 76.1 cm³/mol. The minimum atomic E-state index is -0.353. The van der Waals surface area contributed by atoms with Crippen LogP contribution in [0.25, 0.3) is 0 Å². The lowest BCUT2D eigenvalue weighted by molar-refractivity contribution is -0.123. The number of primary amides is 1. The van der Waals surface area contributed by atoms with Gasteiger partial charge in [-0.05, 0) is 24.3 Å². The van der Waals surface area contributed by atoms with Crippen molar-refractivity contribution in [1.29, 1.82) is 0 Å². The van der Waals surface area contributed by atoms with E-state index in [-0.39, 0.29) is 24.3 Å². The molecule has 1 unspecified atom stereocenters. The van der Waals surface area contributed by atoms with Crippen molar-refractivity contribution in [3.05, 3.63) is 21.9 Å². The van der Waals surface area contributed by atoms with Crippen molar-refractivity contribution in [1.82, 2.24) is 4.90 Å². The molecule has 0 aliphatic carbocycles. The Morgan fingerprint density at radius 2 is 2.35 bits per heavy atom. The van der Waals surface area contributed by atoms with Crippen LogP contribution in [0.4, 0.5) is 0 Å². The van der Waals surface area contributed by atoms with E-state index in [0.717, 1.165) is 12.8 Å². The number of aliphatic hydroxyl groups is 1. The van der Waals surface area contributed by atoms with Gasteiger partial charge in [0, 0.05) is 18.7 Å². The van der Waals surface area contributed by atoms with Gasteiger partial charge in [-0.25, -0.2) is 0 Å². The summed E-state index contributed by atoms with van der Waals surface area (Å²) in [5.41, 5.74) is 5.94. The second-order valence-electron chi connectivity index (χ2n) is 4.62. The molecule has 0 radical (unpaired) electrons. The summed E-state index contributed by atoms with van der Waals surface area (Å²) in [7, 11) is 0. The number of hydrogen-bond acceptors (Lipinski definition) is 4. The Bertz CT molecular complexity index is 570. The summed E-state index contributed by atoms with van der Waals surface area (Å²) in [6.07, 6.45) is 1.52. The van der Waals surface area contributed by atoms with Crippen molar-refractivity contribution in [2.75, 3.05) is 19.7 Å². The number of piperidine rings is 1. The quantitative estimate of drug-likeness (QED) is 0.775. The third-order valence-corrected chi connectivity index (χ3v) is 4.17. The van der Waals surface area contributed by atoms with E-state index in [1.54, 1.807) is 16.3 Å². The van der Waals surface area contributed by atoms with Crippen LogP contribution in [-0.4, -0.2) is 41.5 Å². The van der Waals surface area contributed by atoms with Crippen LogP contribution in [-0.2, 0) is 4.79 Å². The predicted octanol–water partition coefficient (Wildman–Crippen LogP) is 0.429. The average Bonchev–Trinajstić information content (AvgIpc) is 2.92. The third kappa shape index (κ3) is 3.18. The summed E-state index contributed by atoms with van der Waals surface area (Å²) in [5.74, 6) is 4.58. The Morgan fingerprint density at radius 1 is 1.55 bits per heavy atom. The maximum atomic E-state index is 12.5. The number of carbonyl (C=O) groups excluding carboxylic acids is 2. The molecule has 0 spiro atoms. The van der Waals surface area contributed by atoms with Crippen LogP contribution in [0, 0.1) is 17.8 Å². The minimum absolute atomic E-state index is 0.117. The number of rotatable bonds is 2. The largest absolute Gasteiger partial charge is 0.384 e. The van der Waals surface area contributed by atoms with Gasteiger partial charge in [-0.1, -0.05) is 11.8 Å². The number of likely N-dealkylation sites (tertiary alicyclic amines) is 1. The van der Waals surface area contributed by atoms with Gasteiger partial charge in [0.25, 0.3) is 5.91 Å². The van der Waals surface area contributed by atoms with E-state index in [4.69, 9.17) is 10.8 Å². The zero-order chi connectivity index (χ0) is 14.5. The second kappa shape index (κ2) is 6.55. The molecule has 106 valence electrons.